The Hall–Kier alpha value is -2.67. The van der Waals surface area contributed by atoms with Crippen LogP contribution in [0.2, 0.25) is 0 Å². The third-order valence-electron chi connectivity index (χ3n) is 3.12. The summed E-state index contributed by atoms with van der Waals surface area (Å²) in [7, 11) is -0.838. The monoisotopic (exact) mass is 349 g/mol. The molecule has 24 heavy (non-hydrogen) atoms. The van der Waals surface area contributed by atoms with Gasteiger partial charge in [0.25, 0.3) is 10.0 Å². The normalized spacial score (nSPS) is 10.8. The maximum atomic E-state index is 12.5. The van der Waals surface area contributed by atoms with E-state index in [1.54, 1.807) is 30.3 Å². The molecule has 0 aliphatic rings. The Labute approximate surface area is 141 Å². The molecule has 0 aromatic heterocycles. The lowest BCUT2D eigenvalue weighted by Gasteiger charge is -2.12. The Morgan fingerprint density at radius 3 is 2.50 bits per heavy atom. The molecule has 0 radical (unpaired) electrons. The fraction of sp³-hybridized carbons (Fsp3) is 0.176. The van der Waals surface area contributed by atoms with Crippen LogP contribution in [0.15, 0.2) is 60.0 Å². The summed E-state index contributed by atoms with van der Waals surface area (Å²) >= 11 is 0. The Balaban J connectivity index is 2.26. The van der Waals surface area contributed by atoms with Crippen molar-refractivity contribution < 1.29 is 22.6 Å². The number of nitrogens with one attached hydrogen (secondary N) is 1. The topological polar surface area (TPSA) is 73.9 Å². The molecule has 0 spiro atoms. The van der Waals surface area contributed by atoms with E-state index in [0.717, 1.165) is 0 Å². The molecule has 2 rings (SSSR count). The molecule has 0 saturated heterocycles. The third kappa shape index (κ3) is 4.20. The second-order valence-electron chi connectivity index (χ2n) is 4.75. The maximum absolute atomic E-state index is 12.5. The predicted octanol–water partition coefficient (Wildman–Crippen LogP) is 3.07. The van der Waals surface area contributed by atoms with Crippen molar-refractivity contribution >= 4 is 15.7 Å². The Morgan fingerprint density at radius 1 is 1.08 bits per heavy atom. The first-order valence-corrected chi connectivity index (χ1v) is 8.57. The first-order valence-electron chi connectivity index (χ1n) is 7.09. The van der Waals surface area contributed by atoms with Crippen LogP contribution in [-0.4, -0.2) is 29.2 Å². The number of hydrogen-bond donors (Lipinski definition) is 1. The van der Waals surface area contributed by atoms with Gasteiger partial charge in [-0.15, -0.1) is 0 Å². The van der Waals surface area contributed by atoms with Gasteiger partial charge in [-0.05, 0) is 24.3 Å². The van der Waals surface area contributed by atoms with Crippen LogP contribution in [0.4, 0.5) is 5.69 Å². The Bertz CT molecular complexity index is 817. The van der Waals surface area contributed by atoms with Gasteiger partial charge in [-0.2, -0.15) is 0 Å². The molecular formula is C17H19NO5S. The van der Waals surface area contributed by atoms with Crippen LogP contribution in [0.3, 0.4) is 0 Å². The highest BCUT2D eigenvalue weighted by molar-refractivity contribution is 7.92. The minimum absolute atomic E-state index is 0.0672. The molecule has 6 nitrogen and oxygen atoms in total. The van der Waals surface area contributed by atoms with Crippen LogP contribution in [-0.2, 0) is 10.0 Å². The minimum atomic E-state index is -3.77. The van der Waals surface area contributed by atoms with Gasteiger partial charge in [0.1, 0.15) is 12.4 Å². The van der Waals surface area contributed by atoms with Crippen LogP contribution in [0.1, 0.15) is 0 Å². The average Bonchev–Trinajstić information content (AvgIpc) is 2.59. The summed E-state index contributed by atoms with van der Waals surface area (Å²) in [6.07, 6.45) is 1.61. The van der Waals surface area contributed by atoms with Crippen LogP contribution in [0.5, 0.6) is 17.2 Å². The number of rotatable bonds is 8. The van der Waals surface area contributed by atoms with Crippen LogP contribution in [0.25, 0.3) is 0 Å². The molecule has 0 aliphatic carbocycles. The molecule has 7 heteroatoms. The zero-order chi connectivity index (χ0) is 17.6. The Morgan fingerprint density at radius 2 is 1.83 bits per heavy atom. The van der Waals surface area contributed by atoms with E-state index in [0.29, 0.717) is 29.5 Å². The Kier molecular flexibility index (Phi) is 5.70. The molecule has 0 heterocycles. The summed E-state index contributed by atoms with van der Waals surface area (Å²) in [6.45, 7) is 3.91. The van der Waals surface area contributed by atoms with E-state index in [4.69, 9.17) is 14.2 Å². The molecule has 1 N–H and O–H groups in total. The van der Waals surface area contributed by atoms with Gasteiger partial charge in [0.2, 0.25) is 0 Å². The van der Waals surface area contributed by atoms with Gasteiger partial charge in [-0.3, -0.25) is 4.72 Å². The van der Waals surface area contributed by atoms with Crippen molar-refractivity contribution in [2.24, 2.45) is 0 Å². The molecule has 0 amide bonds. The van der Waals surface area contributed by atoms with E-state index in [1.165, 1.54) is 32.4 Å². The van der Waals surface area contributed by atoms with Crippen molar-refractivity contribution in [2.75, 3.05) is 25.5 Å². The number of hydrogen-bond acceptors (Lipinski definition) is 5. The van der Waals surface area contributed by atoms with Crippen LogP contribution >= 0.6 is 0 Å². The average molecular weight is 349 g/mol. The van der Waals surface area contributed by atoms with Crippen molar-refractivity contribution in [1.29, 1.82) is 0 Å². The lowest BCUT2D eigenvalue weighted by atomic mass is 10.3. The molecule has 2 aromatic carbocycles. The van der Waals surface area contributed by atoms with Gasteiger partial charge in [0.05, 0.1) is 24.8 Å². The number of anilines is 1. The summed E-state index contributed by atoms with van der Waals surface area (Å²) in [5.74, 6) is 1.34. The van der Waals surface area contributed by atoms with E-state index in [2.05, 4.69) is 11.3 Å². The second kappa shape index (κ2) is 7.74. The number of sulfonamides is 1. The second-order valence-corrected chi connectivity index (χ2v) is 6.43. The molecule has 0 saturated carbocycles. The van der Waals surface area contributed by atoms with Gasteiger partial charge in [0, 0.05) is 12.1 Å². The first-order chi connectivity index (χ1) is 11.5. The largest absolute Gasteiger partial charge is 0.493 e. The molecule has 0 fully saturated rings. The summed E-state index contributed by atoms with van der Waals surface area (Å²) in [5.41, 5.74) is 0.395. The van der Waals surface area contributed by atoms with E-state index >= 15 is 0 Å². The van der Waals surface area contributed by atoms with Crippen molar-refractivity contribution in [3.05, 3.63) is 55.1 Å². The molecule has 0 bridgehead atoms. The number of ether oxygens (including phenoxy) is 3. The zero-order valence-corrected chi connectivity index (χ0v) is 14.3. The molecule has 2 aromatic rings. The summed E-state index contributed by atoms with van der Waals surface area (Å²) in [5, 5.41) is 0. The predicted molar refractivity (Wildman–Crippen MR) is 92.5 cm³/mol. The summed E-state index contributed by atoms with van der Waals surface area (Å²) in [4.78, 5) is 0.0672. The van der Waals surface area contributed by atoms with E-state index < -0.39 is 10.0 Å². The molecule has 0 unspecified atom stereocenters. The van der Waals surface area contributed by atoms with Gasteiger partial charge < -0.3 is 14.2 Å². The minimum Gasteiger partial charge on any atom is -0.493 e. The quantitative estimate of drug-likeness (QED) is 0.742. The van der Waals surface area contributed by atoms with E-state index in [-0.39, 0.29) is 4.90 Å². The molecular weight excluding hydrogens is 330 g/mol. The van der Waals surface area contributed by atoms with Crippen molar-refractivity contribution in [1.82, 2.24) is 0 Å². The smallest absolute Gasteiger partial charge is 0.262 e. The van der Waals surface area contributed by atoms with E-state index in [9.17, 15) is 8.42 Å². The zero-order valence-electron chi connectivity index (χ0n) is 13.5. The van der Waals surface area contributed by atoms with Crippen LogP contribution < -0.4 is 18.9 Å². The third-order valence-corrected chi connectivity index (χ3v) is 4.50. The van der Waals surface area contributed by atoms with Gasteiger partial charge in [-0.1, -0.05) is 18.7 Å². The number of methoxy groups -OCH3 is 2. The first kappa shape index (κ1) is 17.7. The summed E-state index contributed by atoms with van der Waals surface area (Å²) in [6, 6.07) is 11.1. The maximum Gasteiger partial charge on any atom is 0.262 e. The summed E-state index contributed by atoms with van der Waals surface area (Å²) < 4.78 is 43.2. The van der Waals surface area contributed by atoms with Crippen molar-refractivity contribution in [3.8, 4) is 17.2 Å². The lowest BCUT2D eigenvalue weighted by molar-refractivity contribution is 0.354. The van der Waals surface area contributed by atoms with Crippen LogP contribution in [0, 0.1) is 0 Å². The molecule has 0 aliphatic heterocycles. The van der Waals surface area contributed by atoms with E-state index in [1.807, 2.05) is 0 Å². The molecule has 128 valence electrons. The highest BCUT2D eigenvalue weighted by atomic mass is 32.2. The van der Waals surface area contributed by atoms with Gasteiger partial charge in [-0.25, -0.2) is 8.42 Å². The lowest BCUT2D eigenvalue weighted by Crippen LogP contribution is -2.13. The fourth-order valence-corrected chi connectivity index (χ4v) is 3.07. The van der Waals surface area contributed by atoms with Crippen molar-refractivity contribution in [3.63, 3.8) is 0 Å². The fourth-order valence-electron chi connectivity index (χ4n) is 2.00. The van der Waals surface area contributed by atoms with Gasteiger partial charge in [0.15, 0.2) is 11.5 Å². The van der Waals surface area contributed by atoms with Gasteiger partial charge >= 0.3 is 0 Å². The number of benzene rings is 2. The standard InChI is InChI=1S/C17H19NO5S/c1-4-10-23-14-7-5-6-13(11-14)18-24(19,20)15-8-9-16(21-2)17(12-15)22-3/h4-9,11-12,18H,1,10H2,2-3H3. The molecule has 0 atom stereocenters. The van der Waals surface area contributed by atoms with Crippen molar-refractivity contribution in [2.45, 2.75) is 4.90 Å². The highest BCUT2D eigenvalue weighted by Gasteiger charge is 2.17. The highest BCUT2D eigenvalue weighted by Crippen LogP contribution is 2.30. The SMILES string of the molecule is C=CCOc1cccc(NS(=O)(=O)c2ccc(OC)c(OC)c2)c1.